The number of nitro benzene ring substituents is 1. The van der Waals surface area contributed by atoms with E-state index in [1.54, 1.807) is 0 Å². The van der Waals surface area contributed by atoms with Crippen molar-refractivity contribution in [2.75, 3.05) is 18.1 Å². The minimum Gasteiger partial charge on any atom is -0.387 e. The van der Waals surface area contributed by atoms with Crippen LogP contribution in [0.15, 0.2) is 65.6 Å². The fraction of sp³-hybridized carbons (Fsp3) is 0.158. The molecule has 0 aromatic heterocycles. The molecule has 0 radical (unpaired) electrons. The Kier molecular flexibility index (Phi) is 5.11. The molecule has 0 aliphatic carbocycles. The Hall–Kier alpha value is -2.97. The van der Waals surface area contributed by atoms with Crippen LogP contribution in [-0.2, 0) is 9.84 Å². The number of aliphatic hydroxyl groups excluding tert-OH is 1. The summed E-state index contributed by atoms with van der Waals surface area (Å²) in [4.78, 5) is 10.1. The summed E-state index contributed by atoms with van der Waals surface area (Å²) in [5.41, 5.74) is 0.586. The maximum Gasteiger partial charge on any atom is 0.270 e. The molecule has 2 N–H and O–H groups in total. The van der Waals surface area contributed by atoms with Gasteiger partial charge in [0.05, 0.1) is 21.6 Å². The third-order valence-electron chi connectivity index (χ3n) is 4.22. The second-order valence-corrected chi connectivity index (χ2v) is 8.20. The number of hydrogen-bond acceptors (Lipinski definition) is 6. The molecule has 0 bridgehead atoms. The monoisotopic (exact) mass is 386 g/mol. The highest BCUT2D eigenvalue weighted by Crippen LogP contribution is 2.27. The van der Waals surface area contributed by atoms with Crippen LogP contribution >= 0.6 is 0 Å². The van der Waals surface area contributed by atoms with Gasteiger partial charge >= 0.3 is 0 Å². The van der Waals surface area contributed by atoms with Crippen molar-refractivity contribution in [3.8, 4) is 0 Å². The number of nitro groups is 1. The maximum atomic E-state index is 12.0. The van der Waals surface area contributed by atoms with Gasteiger partial charge in [0.2, 0.25) is 0 Å². The van der Waals surface area contributed by atoms with Crippen molar-refractivity contribution in [1.29, 1.82) is 0 Å². The maximum absolute atomic E-state index is 12.0. The summed E-state index contributed by atoms with van der Waals surface area (Å²) in [5, 5.41) is 26.3. The number of nitrogens with one attached hydrogen (secondary N) is 1. The molecule has 0 aliphatic rings. The van der Waals surface area contributed by atoms with E-state index in [-0.39, 0.29) is 22.8 Å². The normalized spacial score (nSPS) is 12.7. The van der Waals surface area contributed by atoms with Crippen LogP contribution in [0.25, 0.3) is 10.8 Å². The zero-order chi connectivity index (χ0) is 19.6. The lowest BCUT2D eigenvalue weighted by molar-refractivity contribution is -0.385. The Morgan fingerprint density at radius 3 is 2.44 bits per heavy atom. The van der Waals surface area contributed by atoms with Crippen LogP contribution in [0, 0.1) is 10.1 Å². The van der Waals surface area contributed by atoms with Crippen molar-refractivity contribution in [2.24, 2.45) is 0 Å². The molecule has 0 amide bonds. The Morgan fingerprint density at radius 2 is 1.78 bits per heavy atom. The van der Waals surface area contributed by atoms with E-state index >= 15 is 0 Å². The lowest BCUT2D eigenvalue weighted by Crippen LogP contribution is -2.14. The summed E-state index contributed by atoms with van der Waals surface area (Å²) in [7, 11) is -3.68. The number of rotatable bonds is 6. The van der Waals surface area contributed by atoms with E-state index in [4.69, 9.17) is 0 Å². The zero-order valence-corrected chi connectivity index (χ0v) is 15.3. The van der Waals surface area contributed by atoms with Crippen molar-refractivity contribution in [1.82, 2.24) is 0 Å². The molecular weight excluding hydrogens is 368 g/mol. The summed E-state index contributed by atoms with van der Waals surface area (Å²) in [6.45, 7) is 0.0542. The molecule has 3 aromatic carbocycles. The number of aliphatic hydroxyl groups is 1. The predicted molar refractivity (Wildman–Crippen MR) is 104 cm³/mol. The lowest BCUT2D eigenvalue weighted by atomic mass is 10.0. The highest BCUT2D eigenvalue weighted by Gasteiger charge is 2.19. The Balaban J connectivity index is 1.83. The molecular formula is C19H18N2O5S. The van der Waals surface area contributed by atoms with Gasteiger partial charge < -0.3 is 10.4 Å². The van der Waals surface area contributed by atoms with E-state index < -0.39 is 20.9 Å². The molecule has 3 rings (SSSR count). The third kappa shape index (κ3) is 4.24. The lowest BCUT2D eigenvalue weighted by Gasteiger charge is -2.16. The highest BCUT2D eigenvalue weighted by molar-refractivity contribution is 7.90. The van der Waals surface area contributed by atoms with Gasteiger partial charge in [0.15, 0.2) is 9.84 Å². The predicted octanol–water partition coefficient (Wildman–Crippen LogP) is 3.30. The van der Waals surface area contributed by atoms with Gasteiger partial charge in [0, 0.05) is 24.9 Å². The van der Waals surface area contributed by atoms with Gasteiger partial charge in [0.1, 0.15) is 0 Å². The molecule has 0 saturated heterocycles. The van der Waals surface area contributed by atoms with Crippen LogP contribution in [-0.4, -0.2) is 31.2 Å². The van der Waals surface area contributed by atoms with Crippen molar-refractivity contribution in [3.63, 3.8) is 0 Å². The molecule has 0 spiro atoms. The Labute approximate surface area is 156 Å². The zero-order valence-electron chi connectivity index (χ0n) is 14.5. The fourth-order valence-electron chi connectivity index (χ4n) is 2.82. The molecule has 140 valence electrons. The average molecular weight is 386 g/mol. The molecule has 27 heavy (non-hydrogen) atoms. The van der Waals surface area contributed by atoms with E-state index in [0.29, 0.717) is 5.56 Å². The quantitative estimate of drug-likeness (QED) is 0.497. The van der Waals surface area contributed by atoms with Crippen LogP contribution in [0.1, 0.15) is 11.7 Å². The molecule has 0 fully saturated rings. The average Bonchev–Trinajstić information content (AvgIpc) is 2.64. The largest absolute Gasteiger partial charge is 0.387 e. The Morgan fingerprint density at radius 1 is 1.07 bits per heavy atom. The molecule has 7 nitrogen and oxygen atoms in total. The number of nitrogens with zero attached hydrogens (tertiary/aromatic N) is 1. The molecule has 3 aromatic rings. The van der Waals surface area contributed by atoms with E-state index in [0.717, 1.165) is 23.1 Å². The number of sulfone groups is 1. The first-order chi connectivity index (χ1) is 12.8. The summed E-state index contributed by atoms with van der Waals surface area (Å²) in [6.07, 6.45) is 0.106. The first kappa shape index (κ1) is 18.8. The van der Waals surface area contributed by atoms with Crippen molar-refractivity contribution in [2.45, 2.75) is 11.0 Å². The Bertz CT molecular complexity index is 1110. The van der Waals surface area contributed by atoms with Crippen LogP contribution in [0.4, 0.5) is 11.4 Å². The van der Waals surface area contributed by atoms with Crippen LogP contribution in [0.2, 0.25) is 0 Å². The van der Waals surface area contributed by atoms with Crippen molar-refractivity contribution in [3.05, 3.63) is 76.3 Å². The van der Waals surface area contributed by atoms with Crippen LogP contribution in [0.5, 0.6) is 0 Å². The second-order valence-electron chi connectivity index (χ2n) is 6.21. The summed E-state index contributed by atoms with van der Waals surface area (Å²) in [5.74, 6) is 0. The SMILES string of the molecule is CS(=O)(=O)c1cc([N+](=O)[O-])ccc1NCC(O)c1ccc2ccccc2c1. The fourth-order valence-corrected chi connectivity index (χ4v) is 3.69. The number of hydrogen-bond donors (Lipinski definition) is 2. The van der Waals surface area contributed by atoms with E-state index in [1.165, 1.54) is 12.1 Å². The summed E-state index contributed by atoms with van der Waals surface area (Å²) < 4.78 is 23.9. The molecule has 8 heteroatoms. The van der Waals surface area contributed by atoms with Gasteiger partial charge in [-0.05, 0) is 28.5 Å². The standard InChI is InChI=1S/C19H18N2O5S/c1-27(25,26)19-11-16(21(23)24)8-9-17(19)20-12-18(22)15-7-6-13-4-2-3-5-14(13)10-15/h2-11,18,20,22H,12H2,1H3. The van der Waals surface area contributed by atoms with Crippen molar-refractivity contribution < 1.29 is 18.4 Å². The minimum atomic E-state index is -3.68. The van der Waals surface area contributed by atoms with Gasteiger partial charge in [0.25, 0.3) is 5.69 Å². The first-order valence-electron chi connectivity index (χ1n) is 8.15. The first-order valence-corrected chi connectivity index (χ1v) is 10.0. The molecule has 0 saturated carbocycles. The minimum absolute atomic E-state index is 0.0542. The molecule has 0 aliphatic heterocycles. The molecule has 1 atom stereocenters. The van der Waals surface area contributed by atoms with E-state index in [2.05, 4.69) is 5.32 Å². The summed E-state index contributed by atoms with van der Waals surface area (Å²) >= 11 is 0. The molecule has 1 unspecified atom stereocenters. The van der Waals surface area contributed by atoms with Gasteiger partial charge in [-0.2, -0.15) is 0 Å². The van der Waals surface area contributed by atoms with Gasteiger partial charge in [-0.15, -0.1) is 0 Å². The summed E-state index contributed by atoms with van der Waals surface area (Å²) in [6, 6.07) is 16.9. The van der Waals surface area contributed by atoms with E-state index in [1.807, 2.05) is 42.5 Å². The number of anilines is 1. The topological polar surface area (TPSA) is 110 Å². The van der Waals surface area contributed by atoms with Crippen molar-refractivity contribution >= 4 is 32.0 Å². The number of fused-ring (bicyclic) bond motifs is 1. The van der Waals surface area contributed by atoms with Crippen LogP contribution < -0.4 is 5.32 Å². The smallest absolute Gasteiger partial charge is 0.270 e. The van der Waals surface area contributed by atoms with Gasteiger partial charge in [-0.3, -0.25) is 10.1 Å². The number of non-ortho nitro benzene ring substituents is 1. The van der Waals surface area contributed by atoms with Crippen LogP contribution in [0.3, 0.4) is 0 Å². The number of benzene rings is 3. The molecule has 0 heterocycles. The van der Waals surface area contributed by atoms with Gasteiger partial charge in [-0.1, -0.05) is 36.4 Å². The third-order valence-corrected chi connectivity index (χ3v) is 5.36. The van der Waals surface area contributed by atoms with Gasteiger partial charge in [-0.25, -0.2) is 8.42 Å². The van der Waals surface area contributed by atoms with E-state index in [9.17, 15) is 23.6 Å². The second kappa shape index (κ2) is 7.34. The highest BCUT2D eigenvalue weighted by atomic mass is 32.2.